The lowest BCUT2D eigenvalue weighted by atomic mass is 9.89. The van der Waals surface area contributed by atoms with Crippen LogP contribution in [0.3, 0.4) is 0 Å². The Hall–Kier alpha value is -1.09. The van der Waals surface area contributed by atoms with Crippen molar-refractivity contribution in [3.05, 3.63) is 30.1 Å². The van der Waals surface area contributed by atoms with Gasteiger partial charge in [-0.2, -0.15) is 0 Å². The van der Waals surface area contributed by atoms with Crippen molar-refractivity contribution in [2.24, 2.45) is 5.92 Å². The zero-order valence-electron chi connectivity index (χ0n) is 12.3. The van der Waals surface area contributed by atoms with Gasteiger partial charge in [0, 0.05) is 30.9 Å². The molecule has 0 amide bonds. The van der Waals surface area contributed by atoms with Gasteiger partial charge in [-0.05, 0) is 69.2 Å². The summed E-state index contributed by atoms with van der Waals surface area (Å²) < 4.78 is 13.0. The van der Waals surface area contributed by atoms with Crippen LogP contribution in [0.2, 0.25) is 0 Å². The lowest BCUT2D eigenvalue weighted by Gasteiger charge is -2.31. The van der Waals surface area contributed by atoms with Gasteiger partial charge in [-0.25, -0.2) is 4.39 Å². The molecule has 3 heteroatoms. The van der Waals surface area contributed by atoms with E-state index in [4.69, 9.17) is 0 Å². The molecule has 2 aliphatic rings. The van der Waals surface area contributed by atoms with E-state index in [9.17, 15) is 4.39 Å². The average molecular weight is 276 g/mol. The van der Waals surface area contributed by atoms with Gasteiger partial charge in [0.15, 0.2) is 0 Å². The molecule has 1 aromatic carbocycles. The van der Waals surface area contributed by atoms with Crippen LogP contribution in [0.5, 0.6) is 0 Å². The van der Waals surface area contributed by atoms with Crippen molar-refractivity contribution in [1.82, 2.24) is 5.32 Å². The third kappa shape index (κ3) is 3.14. The van der Waals surface area contributed by atoms with Gasteiger partial charge in [0.25, 0.3) is 0 Å². The van der Waals surface area contributed by atoms with Gasteiger partial charge in [0.2, 0.25) is 0 Å². The number of hydrogen-bond donors (Lipinski definition) is 1. The van der Waals surface area contributed by atoms with Crippen molar-refractivity contribution >= 4 is 5.69 Å². The Morgan fingerprint density at radius 3 is 2.40 bits per heavy atom. The minimum atomic E-state index is -0.153. The van der Waals surface area contributed by atoms with Crippen molar-refractivity contribution in [3.8, 4) is 0 Å². The molecule has 2 atom stereocenters. The molecule has 110 valence electrons. The number of piperidine rings is 1. The topological polar surface area (TPSA) is 15.3 Å². The molecule has 0 saturated carbocycles. The first-order chi connectivity index (χ1) is 9.74. The minimum Gasteiger partial charge on any atom is -0.372 e. The van der Waals surface area contributed by atoms with E-state index in [1.807, 2.05) is 12.1 Å². The van der Waals surface area contributed by atoms with Crippen LogP contribution in [0.4, 0.5) is 10.1 Å². The Balaban J connectivity index is 1.54. The highest BCUT2D eigenvalue weighted by Crippen LogP contribution is 2.33. The smallest absolute Gasteiger partial charge is 0.123 e. The summed E-state index contributed by atoms with van der Waals surface area (Å²) in [5.74, 6) is 0.711. The summed E-state index contributed by atoms with van der Waals surface area (Å²) in [4.78, 5) is 2.36. The molecule has 0 aromatic heterocycles. The molecule has 20 heavy (non-hydrogen) atoms. The van der Waals surface area contributed by atoms with E-state index in [2.05, 4.69) is 17.1 Å². The molecule has 2 nitrogen and oxygen atoms in total. The molecule has 2 unspecified atom stereocenters. The Morgan fingerprint density at radius 1 is 1.15 bits per heavy atom. The van der Waals surface area contributed by atoms with Crippen molar-refractivity contribution in [1.29, 1.82) is 0 Å². The predicted octanol–water partition coefficient (Wildman–Crippen LogP) is 3.57. The molecule has 2 bridgehead atoms. The fourth-order valence-electron chi connectivity index (χ4n) is 3.87. The molecule has 2 saturated heterocycles. The van der Waals surface area contributed by atoms with Gasteiger partial charge in [0.05, 0.1) is 0 Å². The van der Waals surface area contributed by atoms with Crippen LogP contribution < -0.4 is 10.2 Å². The highest BCUT2D eigenvalue weighted by atomic mass is 19.1. The van der Waals surface area contributed by atoms with Crippen LogP contribution in [0.15, 0.2) is 24.3 Å². The summed E-state index contributed by atoms with van der Waals surface area (Å²) >= 11 is 0. The van der Waals surface area contributed by atoms with Gasteiger partial charge >= 0.3 is 0 Å². The Morgan fingerprint density at radius 2 is 1.80 bits per heavy atom. The average Bonchev–Trinajstić information content (AvgIpc) is 2.80. The zero-order valence-corrected chi connectivity index (χ0v) is 12.3. The second-order valence-electron chi connectivity index (χ2n) is 6.32. The van der Waals surface area contributed by atoms with E-state index in [1.54, 1.807) is 12.1 Å². The maximum Gasteiger partial charge on any atom is 0.123 e. The van der Waals surface area contributed by atoms with Crippen LogP contribution in [0, 0.1) is 11.7 Å². The number of anilines is 1. The van der Waals surface area contributed by atoms with Crippen LogP contribution >= 0.6 is 0 Å². The Labute approximate surface area is 121 Å². The third-order valence-electron chi connectivity index (χ3n) is 4.95. The number of nitrogens with one attached hydrogen (secondary N) is 1. The van der Waals surface area contributed by atoms with Crippen LogP contribution in [-0.4, -0.2) is 25.2 Å². The van der Waals surface area contributed by atoms with Gasteiger partial charge in [-0.1, -0.05) is 0 Å². The van der Waals surface area contributed by atoms with Crippen molar-refractivity contribution in [2.45, 2.75) is 51.1 Å². The van der Waals surface area contributed by atoms with Crippen molar-refractivity contribution in [3.63, 3.8) is 0 Å². The van der Waals surface area contributed by atoms with E-state index in [-0.39, 0.29) is 5.82 Å². The first kappa shape index (κ1) is 13.9. The second kappa shape index (κ2) is 6.13. The molecule has 1 N–H and O–H groups in total. The maximum atomic E-state index is 13.0. The van der Waals surface area contributed by atoms with Crippen LogP contribution in [0.25, 0.3) is 0 Å². The fourth-order valence-corrected chi connectivity index (χ4v) is 3.87. The predicted molar refractivity (Wildman–Crippen MR) is 81.6 cm³/mol. The van der Waals surface area contributed by atoms with E-state index in [0.29, 0.717) is 0 Å². The van der Waals surface area contributed by atoms with Crippen LogP contribution in [0.1, 0.15) is 39.0 Å². The summed E-state index contributed by atoms with van der Waals surface area (Å²) in [6.07, 6.45) is 6.70. The summed E-state index contributed by atoms with van der Waals surface area (Å²) in [6, 6.07) is 8.46. The normalized spacial score (nSPS) is 28.6. The summed E-state index contributed by atoms with van der Waals surface area (Å²) in [7, 11) is 0. The number of rotatable bonds is 5. The van der Waals surface area contributed by atoms with Crippen molar-refractivity contribution in [2.75, 3.05) is 18.0 Å². The monoisotopic (exact) mass is 276 g/mol. The molecule has 2 aliphatic heterocycles. The van der Waals surface area contributed by atoms with E-state index < -0.39 is 0 Å². The highest BCUT2D eigenvalue weighted by molar-refractivity contribution is 5.45. The second-order valence-corrected chi connectivity index (χ2v) is 6.32. The Bertz CT molecular complexity index is 419. The highest BCUT2D eigenvalue weighted by Gasteiger charge is 2.33. The summed E-state index contributed by atoms with van der Waals surface area (Å²) in [5, 5.41) is 3.70. The van der Waals surface area contributed by atoms with E-state index in [1.165, 1.54) is 32.1 Å². The minimum absolute atomic E-state index is 0.153. The maximum absolute atomic E-state index is 13.0. The molecule has 0 spiro atoms. The molecule has 2 heterocycles. The van der Waals surface area contributed by atoms with E-state index >= 15 is 0 Å². The van der Waals surface area contributed by atoms with Crippen LogP contribution in [-0.2, 0) is 0 Å². The summed E-state index contributed by atoms with van der Waals surface area (Å²) in [5.41, 5.74) is 1.14. The first-order valence-corrected chi connectivity index (χ1v) is 8.01. The molecule has 3 rings (SSSR count). The fraction of sp³-hybridized carbons (Fsp3) is 0.647. The molecular formula is C17H25FN2. The SMILES string of the molecule is CCN(CCC1CC2CCC(C1)N2)c1ccc(F)cc1. The largest absolute Gasteiger partial charge is 0.372 e. The number of hydrogen-bond acceptors (Lipinski definition) is 2. The number of fused-ring (bicyclic) bond motifs is 2. The quantitative estimate of drug-likeness (QED) is 0.884. The van der Waals surface area contributed by atoms with Crippen molar-refractivity contribution < 1.29 is 4.39 Å². The number of nitrogens with zero attached hydrogens (tertiary/aromatic N) is 1. The van der Waals surface area contributed by atoms with Gasteiger partial charge in [0.1, 0.15) is 5.82 Å². The standard InChI is InChI=1S/C17H25FN2/c1-2-20(17-7-3-14(18)4-8-17)10-9-13-11-15-5-6-16(12-13)19-15/h3-4,7-8,13,15-16,19H,2,5-6,9-12H2,1H3. The van der Waals surface area contributed by atoms with Gasteiger partial charge in [-0.3, -0.25) is 0 Å². The Kier molecular flexibility index (Phi) is 4.25. The lowest BCUT2D eigenvalue weighted by molar-refractivity contribution is 0.287. The summed E-state index contributed by atoms with van der Waals surface area (Å²) in [6.45, 7) is 4.26. The lowest BCUT2D eigenvalue weighted by Crippen LogP contribution is -2.39. The first-order valence-electron chi connectivity index (χ1n) is 8.01. The van der Waals surface area contributed by atoms with Gasteiger partial charge < -0.3 is 10.2 Å². The third-order valence-corrected chi connectivity index (χ3v) is 4.95. The van der Waals surface area contributed by atoms with E-state index in [0.717, 1.165) is 36.8 Å². The van der Waals surface area contributed by atoms with Gasteiger partial charge in [-0.15, -0.1) is 0 Å². The molecule has 1 aromatic rings. The molecule has 0 radical (unpaired) electrons. The zero-order chi connectivity index (χ0) is 13.9. The number of benzene rings is 1. The molecule has 2 fully saturated rings. The number of halogens is 1. The molecule has 0 aliphatic carbocycles. The molecular weight excluding hydrogens is 251 g/mol.